The van der Waals surface area contributed by atoms with Gasteiger partial charge in [-0.3, -0.25) is 22.6 Å². The molecule has 0 fully saturated rings. The van der Waals surface area contributed by atoms with Crippen LogP contribution in [0.5, 0.6) is 17.4 Å². The number of azo groups is 3. The van der Waals surface area contributed by atoms with Crippen LogP contribution in [0.2, 0.25) is 0 Å². The summed E-state index contributed by atoms with van der Waals surface area (Å²) in [5.74, 6) is -1.87. The van der Waals surface area contributed by atoms with Crippen LogP contribution in [-0.2, 0) is 51.1 Å². The van der Waals surface area contributed by atoms with E-state index in [0.29, 0.717) is 37.2 Å². The van der Waals surface area contributed by atoms with E-state index < -0.39 is 78.3 Å². The maximum absolute atomic E-state index is 12.4. The Morgan fingerprint density at radius 2 is 1.32 bits per heavy atom. The van der Waals surface area contributed by atoms with E-state index in [-0.39, 0.29) is 97.9 Å². The molecule has 5 aromatic carbocycles. The van der Waals surface area contributed by atoms with Gasteiger partial charge in [0.05, 0.1) is 58.0 Å². The lowest BCUT2D eigenvalue weighted by atomic mass is 10.1. The third-order valence-corrected chi connectivity index (χ3v) is 16.7. The highest BCUT2D eigenvalue weighted by molar-refractivity contribution is 7.99. The van der Waals surface area contributed by atoms with Crippen LogP contribution in [0.15, 0.2) is 112 Å². The zero-order chi connectivity index (χ0) is 58.6. The van der Waals surface area contributed by atoms with Crippen LogP contribution < -0.4 is 9.47 Å². The zero-order valence-corrected chi connectivity index (χ0v) is 47.2. The van der Waals surface area contributed by atoms with Gasteiger partial charge in [0.1, 0.15) is 44.1 Å². The van der Waals surface area contributed by atoms with E-state index in [2.05, 4.69) is 40.7 Å². The summed E-state index contributed by atoms with van der Waals surface area (Å²) in [5.41, 5.74) is 1.56. The third kappa shape index (κ3) is 14.3. The smallest absolute Gasteiger partial charge is 0.425 e. The Morgan fingerprint density at radius 1 is 0.725 bits per heavy atom. The van der Waals surface area contributed by atoms with Gasteiger partial charge in [-0.15, -0.1) is 50.0 Å². The molecule has 0 radical (unpaired) electrons. The Hall–Kier alpha value is -7.50. The standard InChI is InChI=1S/C45H40N10O15S6.O3S/c1-23-15-32(51-53-40-25(3)28(22-46)43-47-31-20-38(75(63,64)65)36(69-4)21-34(31)55(43)44(40)56)35(70-11-7-13-73(57,58)59)18-29(23)49-52-33-16-24(2)30(19-37(33)71-12-8-14-74(60,61)62)50-54-45-48-41-39(76(66,67)68)17-26-9-5-6-10-27(26)42(41)72-45;1-4(2)3/h5-6,9-10,15-21,56H,7-8,11-14H2,1-4H3,(H,57,58,59)(H,60,61,62)(H,63,64,65)(H,66,67,68);. The van der Waals surface area contributed by atoms with Crippen molar-refractivity contribution in [2.75, 3.05) is 31.0 Å². The average molecular weight is 1230 g/mol. The second kappa shape index (κ2) is 24.1. The van der Waals surface area contributed by atoms with E-state index >= 15 is 0 Å². The Kier molecular flexibility index (Phi) is 18.1. The summed E-state index contributed by atoms with van der Waals surface area (Å²) in [6, 6.07) is 18.7. The molecular formula is C45H40N10O18S7. The molecule has 0 saturated carbocycles. The van der Waals surface area contributed by atoms with Crippen molar-refractivity contribution in [1.29, 1.82) is 5.26 Å². The molecule has 0 spiro atoms. The molecule has 0 saturated heterocycles. The lowest BCUT2D eigenvalue weighted by Crippen LogP contribution is -2.08. The molecule has 0 amide bonds. The van der Waals surface area contributed by atoms with Gasteiger partial charge in [-0.05, 0) is 86.2 Å². The number of pyridine rings is 1. The minimum absolute atomic E-state index is 0.00952. The number of ether oxygens (including phenoxy) is 2. The summed E-state index contributed by atoms with van der Waals surface area (Å²) < 4.78 is 172. The first-order valence-electron chi connectivity index (χ1n) is 22.4. The second-order valence-corrected chi connectivity index (χ2v) is 25.2. The van der Waals surface area contributed by atoms with Crippen molar-refractivity contribution < 1.29 is 79.1 Å². The van der Waals surface area contributed by atoms with Crippen molar-refractivity contribution in [3.63, 3.8) is 0 Å². The molecule has 3 aromatic heterocycles. The molecule has 8 rings (SSSR count). The fraction of sp³-hybridized carbons (Fsp3) is 0.222. The maximum atomic E-state index is 12.4. The van der Waals surface area contributed by atoms with Crippen LogP contribution in [0.3, 0.4) is 0 Å². The van der Waals surface area contributed by atoms with Gasteiger partial charge in [0.25, 0.3) is 40.5 Å². The fourth-order valence-corrected chi connectivity index (χ4v) is 12.1. The molecule has 5 N–H and O–H groups in total. The number of thiazole rings is 1. The number of methoxy groups -OCH3 is 1. The second-order valence-electron chi connectivity index (χ2n) is 16.8. The molecular weight excluding hydrogens is 1190 g/mol. The van der Waals surface area contributed by atoms with Crippen molar-refractivity contribution >= 4 is 145 Å². The first-order valence-corrected chi connectivity index (χ1v) is 31.3. The highest BCUT2D eigenvalue weighted by atomic mass is 32.2. The van der Waals surface area contributed by atoms with E-state index in [1.165, 1.54) is 43.0 Å². The van der Waals surface area contributed by atoms with E-state index in [1.54, 1.807) is 50.2 Å². The Labute approximate surface area is 463 Å². The predicted molar refractivity (Wildman–Crippen MR) is 290 cm³/mol. The third-order valence-electron chi connectivity index (χ3n) is 11.3. The number of aromatic hydroxyl groups is 1. The first-order chi connectivity index (χ1) is 37.5. The minimum atomic E-state index is -4.79. The lowest BCUT2D eigenvalue weighted by molar-refractivity contribution is 0.317. The van der Waals surface area contributed by atoms with Crippen LogP contribution >= 0.6 is 23.1 Å². The van der Waals surface area contributed by atoms with Gasteiger partial charge in [-0.1, -0.05) is 35.6 Å². The normalized spacial score (nSPS) is 12.5. The van der Waals surface area contributed by atoms with Crippen molar-refractivity contribution in [1.82, 2.24) is 14.4 Å². The Bertz CT molecular complexity index is 4560. The summed E-state index contributed by atoms with van der Waals surface area (Å²) in [5, 5.41) is 49.6. The number of hydrogen-bond donors (Lipinski definition) is 5. The number of aromatic nitrogens is 3. The number of benzene rings is 5. The van der Waals surface area contributed by atoms with Gasteiger partial charge in [0.2, 0.25) is 11.0 Å². The summed E-state index contributed by atoms with van der Waals surface area (Å²) in [4.78, 5) is 8.16. The molecule has 80 heavy (non-hydrogen) atoms. The van der Waals surface area contributed by atoms with Crippen LogP contribution in [0.1, 0.15) is 35.1 Å². The highest BCUT2D eigenvalue weighted by Gasteiger charge is 2.26. The van der Waals surface area contributed by atoms with Crippen LogP contribution in [0.4, 0.5) is 33.6 Å². The molecule has 35 heteroatoms. The van der Waals surface area contributed by atoms with Crippen molar-refractivity contribution in [3.8, 4) is 23.4 Å². The van der Waals surface area contributed by atoms with Crippen LogP contribution in [-0.4, -0.2) is 115 Å². The van der Waals surface area contributed by atoms with Gasteiger partial charge in [0, 0.05) is 28.0 Å². The largest absolute Gasteiger partial charge is 0.495 e. The predicted octanol–water partition coefficient (Wildman–Crippen LogP) is 9.52. The van der Waals surface area contributed by atoms with E-state index in [0.717, 1.165) is 28.9 Å². The topological polar surface area (TPSA) is 436 Å². The fourth-order valence-electron chi connectivity index (χ4n) is 7.66. The number of fused-ring (bicyclic) bond motifs is 6. The van der Waals surface area contributed by atoms with E-state index in [4.69, 9.17) is 22.1 Å². The average Bonchev–Trinajstić information content (AvgIpc) is 4.06. The van der Waals surface area contributed by atoms with Gasteiger partial charge in [-0.25, -0.2) is 9.97 Å². The zero-order valence-electron chi connectivity index (χ0n) is 41.5. The molecule has 0 unspecified atom stereocenters. The minimum Gasteiger partial charge on any atom is -0.495 e. The number of imidazole rings is 1. The van der Waals surface area contributed by atoms with Crippen LogP contribution in [0.25, 0.3) is 37.7 Å². The van der Waals surface area contributed by atoms with Gasteiger partial charge in [-0.2, -0.15) is 44.0 Å². The number of thioether (sulfide) groups is 1. The quantitative estimate of drug-likeness (QED) is 0.0217. The number of rotatable bonds is 19. The molecule has 0 bridgehead atoms. The highest BCUT2D eigenvalue weighted by Crippen LogP contribution is 2.44. The van der Waals surface area contributed by atoms with Crippen molar-refractivity contribution in [2.45, 2.75) is 48.3 Å². The molecule has 420 valence electrons. The van der Waals surface area contributed by atoms with Crippen molar-refractivity contribution in [2.24, 2.45) is 30.7 Å². The van der Waals surface area contributed by atoms with E-state index in [9.17, 15) is 62.3 Å². The van der Waals surface area contributed by atoms with Gasteiger partial charge >= 0.3 is 10.6 Å². The molecule has 8 aromatic rings. The maximum Gasteiger partial charge on any atom is 0.425 e. The molecule has 3 heterocycles. The molecule has 0 aliphatic carbocycles. The molecule has 28 nitrogen and oxygen atoms in total. The summed E-state index contributed by atoms with van der Waals surface area (Å²) in [6.07, 6.45) is -0.121. The Morgan fingerprint density at radius 3 is 1.96 bits per heavy atom. The lowest BCUT2D eigenvalue weighted by Gasteiger charge is -2.12. The molecule has 0 atom stereocenters. The summed E-state index contributed by atoms with van der Waals surface area (Å²) in [6.45, 7) is 4.55. The summed E-state index contributed by atoms with van der Waals surface area (Å²) >= 11 is 2.22. The van der Waals surface area contributed by atoms with Gasteiger partial charge in [0.15, 0.2) is 11.3 Å². The first kappa shape index (κ1) is 60.1. The number of hydrogen-bond acceptors (Lipinski definition) is 25. The number of nitrogens with zero attached hydrogens (tertiary/aromatic N) is 10. The monoisotopic (exact) mass is 1230 g/mol. The molecule has 0 aliphatic rings. The van der Waals surface area contributed by atoms with Crippen LogP contribution in [0, 0.1) is 32.1 Å². The molecule has 0 aliphatic heterocycles. The van der Waals surface area contributed by atoms with Crippen molar-refractivity contribution in [3.05, 3.63) is 89.0 Å². The summed E-state index contributed by atoms with van der Waals surface area (Å²) in [7, 11) is -20.1. The number of aryl methyl sites for hydroxylation is 2. The Balaban J connectivity index is 0.00000223. The van der Waals surface area contributed by atoms with Gasteiger partial charge < -0.3 is 14.6 Å². The number of nitriles is 1. The van der Waals surface area contributed by atoms with E-state index in [1.807, 2.05) is 6.07 Å². The SMILES string of the molecule is COc1cc2c(cc1S(=O)(=O)O)nc1c(C#N)c(C)c(N=Nc3cc(C)c(N=Nc4cc(C)c(N=Nc5nc6c(S(=O)(=O)O)cc7ccccc7c6s5)cc4SCCCS(=O)(=O)O)cc3OCCCS(=O)(=O)O)c(O)n12.O=S(=O)=O.